The fraction of sp³-hybridized carbons (Fsp3) is 0.500. The van der Waals surface area contributed by atoms with Crippen molar-refractivity contribution in [3.8, 4) is 11.4 Å². The summed E-state index contributed by atoms with van der Waals surface area (Å²) in [5, 5.41) is 4.48. The van der Waals surface area contributed by atoms with E-state index in [1.165, 1.54) is 5.57 Å². The van der Waals surface area contributed by atoms with Crippen molar-refractivity contribution in [2.45, 2.75) is 38.6 Å². The first-order chi connectivity index (χ1) is 15.2. The van der Waals surface area contributed by atoms with Crippen molar-refractivity contribution in [1.82, 2.24) is 14.5 Å². The third kappa shape index (κ3) is 4.06. The molecule has 1 atom stereocenters. The summed E-state index contributed by atoms with van der Waals surface area (Å²) >= 11 is 0. The minimum absolute atomic E-state index is 0.390. The zero-order chi connectivity index (χ0) is 21.2. The molecule has 0 unspecified atom stereocenters. The number of fused-ring (bicyclic) bond motifs is 1. The van der Waals surface area contributed by atoms with Gasteiger partial charge in [0.05, 0.1) is 30.9 Å². The fourth-order valence-electron chi connectivity index (χ4n) is 4.92. The Hall–Kier alpha value is -2.80. The fourth-order valence-corrected chi connectivity index (χ4v) is 4.92. The molecule has 7 heteroatoms. The molecule has 2 saturated heterocycles. The summed E-state index contributed by atoms with van der Waals surface area (Å²) in [5.74, 6) is 2.43. The van der Waals surface area contributed by atoms with Crippen LogP contribution in [0.5, 0.6) is 5.75 Å². The highest BCUT2D eigenvalue weighted by Gasteiger charge is 2.37. The van der Waals surface area contributed by atoms with Gasteiger partial charge in [0, 0.05) is 26.0 Å². The quantitative estimate of drug-likeness (QED) is 0.750. The van der Waals surface area contributed by atoms with Crippen molar-refractivity contribution in [2.75, 3.05) is 33.5 Å². The highest BCUT2D eigenvalue weighted by atomic mass is 16.6. The lowest BCUT2D eigenvalue weighted by Crippen LogP contribution is -2.53. The number of hydrogen-bond acceptors (Lipinski definition) is 6. The summed E-state index contributed by atoms with van der Waals surface area (Å²) in [6.07, 6.45) is 10.4. The predicted octanol–water partition coefficient (Wildman–Crippen LogP) is 3.81. The van der Waals surface area contributed by atoms with Crippen LogP contribution in [0, 0.1) is 12.8 Å². The van der Waals surface area contributed by atoms with Crippen molar-refractivity contribution >= 4 is 11.9 Å². The predicted molar refractivity (Wildman–Crippen MR) is 119 cm³/mol. The Balaban J connectivity index is 1.41. The third-order valence-electron chi connectivity index (χ3n) is 6.55. The largest absolute Gasteiger partial charge is 0.495 e. The van der Waals surface area contributed by atoms with Crippen LogP contribution in [0.3, 0.4) is 0 Å². The summed E-state index contributed by atoms with van der Waals surface area (Å²) in [6, 6.07) is 6.68. The summed E-state index contributed by atoms with van der Waals surface area (Å²) in [4.78, 5) is 12.5. The molecule has 0 radical (unpaired) electrons. The number of aryl methyl sites for hydroxylation is 1. The maximum absolute atomic E-state index is 5.73. The van der Waals surface area contributed by atoms with Crippen LogP contribution in [0.25, 0.3) is 11.8 Å². The summed E-state index contributed by atoms with van der Waals surface area (Å²) in [7, 11) is 1.71. The van der Waals surface area contributed by atoms with Crippen molar-refractivity contribution in [1.29, 1.82) is 0 Å². The van der Waals surface area contributed by atoms with E-state index in [2.05, 4.69) is 39.3 Å². The molecule has 0 bridgehead atoms. The van der Waals surface area contributed by atoms with E-state index in [1.54, 1.807) is 7.11 Å². The number of methoxy groups -OCH3 is 1. The number of amidine groups is 1. The van der Waals surface area contributed by atoms with Gasteiger partial charge >= 0.3 is 0 Å². The molecule has 164 valence electrons. The highest BCUT2D eigenvalue weighted by Crippen LogP contribution is 2.33. The Kier molecular flexibility index (Phi) is 5.68. The molecule has 4 heterocycles. The molecule has 0 amide bonds. The number of nitrogens with zero attached hydrogens (tertiary/aromatic N) is 4. The van der Waals surface area contributed by atoms with Crippen molar-refractivity contribution in [2.24, 2.45) is 11.1 Å². The zero-order valence-electron chi connectivity index (χ0n) is 18.3. The average molecular weight is 423 g/mol. The monoisotopic (exact) mass is 422 g/mol. The van der Waals surface area contributed by atoms with E-state index < -0.39 is 0 Å². The molecule has 3 aliphatic heterocycles. The van der Waals surface area contributed by atoms with Crippen molar-refractivity contribution in [3.63, 3.8) is 0 Å². The van der Waals surface area contributed by atoms with Crippen LogP contribution in [-0.2, 0) is 9.57 Å². The number of imidazole rings is 1. The Labute approximate surface area is 183 Å². The van der Waals surface area contributed by atoms with Gasteiger partial charge in [-0.2, -0.15) is 0 Å². The van der Waals surface area contributed by atoms with E-state index in [0.29, 0.717) is 18.6 Å². The van der Waals surface area contributed by atoms with Gasteiger partial charge < -0.3 is 23.8 Å². The molecule has 0 spiro atoms. The number of rotatable bonds is 4. The Morgan fingerprint density at radius 3 is 2.87 bits per heavy atom. The van der Waals surface area contributed by atoms with E-state index in [9.17, 15) is 0 Å². The molecule has 5 rings (SSSR count). The maximum Gasteiger partial charge on any atom is 0.171 e. The van der Waals surface area contributed by atoms with Gasteiger partial charge in [-0.25, -0.2) is 4.98 Å². The number of hydrogen-bond donors (Lipinski definition) is 0. The van der Waals surface area contributed by atoms with Crippen molar-refractivity contribution in [3.05, 3.63) is 47.6 Å². The van der Waals surface area contributed by atoms with Crippen LogP contribution < -0.4 is 4.74 Å². The highest BCUT2D eigenvalue weighted by molar-refractivity contribution is 6.02. The second-order valence-corrected chi connectivity index (χ2v) is 8.55. The summed E-state index contributed by atoms with van der Waals surface area (Å²) < 4.78 is 13.3. The lowest BCUT2D eigenvalue weighted by atomic mass is 9.88. The second kappa shape index (κ2) is 8.75. The topological polar surface area (TPSA) is 61.1 Å². The van der Waals surface area contributed by atoms with Gasteiger partial charge in [0.1, 0.15) is 12.4 Å². The van der Waals surface area contributed by atoms with Crippen LogP contribution in [-0.4, -0.2) is 59.8 Å². The first-order valence-corrected chi connectivity index (χ1v) is 11.2. The van der Waals surface area contributed by atoms with Gasteiger partial charge in [-0.1, -0.05) is 11.2 Å². The standard InChI is InChI=1S/C24H30N4O3/c1-17-14-27(16-25-17)21-6-5-18(13-23(21)29-2)12-20-4-3-9-28-22(15-31-26-24(20)28)19-7-10-30-11-8-19/h5-6,12-14,16,19,22H,3-4,7-11,15H2,1-2H3/t22-/m1/s1. The molecule has 1 aromatic heterocycles. The Bertz CT molecular complexity index is 990. The minimum Gasteiger partial charge on any atom is -0.495 e. The molecule has 0 aliphatic carbocycles. The van der Waals surface area contributed by atoms with E-state index >= 15 is 0 Å². The van der Waals surface area contributed by atoms with Gasteiger partial charge in [0.15, 0.2) is 5.84 Å². The van der Waals surface area contributed by atoms with Crippen molar-refractivity contribution < 1.29 is 14.3 Å². The van der Waals surface area contributed by atoms with Gasteiger partial charge in [0.2, 0.25) is 0 Å². The lowest BCUT2D eigenvalue weighted by molar-refractivity contribution is -0.00906. The number of benzene rings is 1. The molecule has 7 nitrogen and oxygen atoms in total. The SMILES string of the molecule is COc1cc(C=C2CCCN3C2=NOC[C@@H]3C2CCOCC2)ccc1-n1cnc(C)c1. The van der Waals surface area contributed by atoms with Crippen LogP contribution in [0.4, 0.5) is 0 Å². The molecular formula is C24H30N4O3. The molecule has 3 aliphatic rings. The average Bonchev–Trinajstić information content (AvgIpc) is 3.25. The molecule has 1 aromatic carbocycles. The van der Waals surface area contributed by atoms with Crippen LogP contribution in [0.15, 0.2) is 41.5 Å². The van der Waals surface area contributed by atoms with Gasteiger partial charge in [-0.15, -0.1) is 0 Å². The second-order valence-electron chi connectivity index (χ2n) is 8.55. The van der Waals surface area contributed by atoms with Crippen LogP contribution in [0.2, 0.25) is 0 Å². The molecule has 2 aromatic rings. The number of aromatic nitrogens is 2. The zero-order valence-corrected chi connectivity index (χ0v) is 18.3. The van der Waals surface area contributed by atoms with Gasteiger partial charge in [0.25, 0.3) is 0 Å². The first-order valence-electron chi connectivity index (χ1n) is 11.2. The van der Waals surface area contributed by atoms with E-state index in [1.807, 2.05) is 24.0 Å². The van der Waals surface area contributed by atoms with E-state index in [0.717, 1.165) is 74.0 Å². The van der Waals surface area contributed by atoms with Gasteiger partial charge in [-0.3, -0.25) is 0 Å². The van der Waals surface area contributed by atoms with Crippen LogP contribution >= 0.6 is 0 Å². The Morgan fingerprint density at radius 2 is 2.10 bits per heavy atom. The smallest absolute Gasteiger partial charge is 0.171 e. The molecule has 0 saturated carbocycles. The van der Waals surface area contributed by atoms with Crippen LogP contribution in [0.1, 0.15) is 36.9 Å². The van der Waals surface area contributed by atoms with E-state index in [4.69, 9.17) is 14.3 Å². The molecule has 31 heavy (non-hydrogen) atoms. The minimum atomic E-state index is 0.390. The maximum atomic E-state index is 5.73. The molecule has 2 fully saturated rings. The number of oxime groups is 1. The number of piperidine rings is 1. The normalized spacial score (nSPS) is 23.3. The molecule has 0 N–H and O–H groups in total. The first kappa shape index (κ1) is 20.1. The van der Waals surface area contributed by atoms with Gasteiger partial charge in [-0.05, 0) is 67.9 Å². The lowest BCUT2D eigenvalue weighted by Gasteiger charge is -2.44. The van der Waals surface area contributed by atoms with E-state index in [-0.39, 0.29) is 0 Å². The summed E-state index contributed by atoms with van der Waals surface area (Å²) in [5.41, 5.74) is 4.29. The summed E-state index contributed by atoms with van der Waals surface area (Å²) in [6.45, 7) is 5.41. The molecular weight excluding hydrogens is 392 g/mol. The third-order valence-corrected chi connectivity index (χ3v) is 6.55. The Morgan fingerprint density at radius 1 is 1.23 bits per heavy atom. The number of ether oxygens (including phenoxy) is 2.